The molecule has 0 aliphatic carbocycles. The lowest BCUT2D eigenvalue weighted by atomic mass is 9.71. The number of likely N-dealkylation sites (N-methyl/N-ethyl adjacent to an activating group) is 1. The molecule has 0 aliphatic heterocycles. The van der Waals surface area contributed by atoms with E-state index in [0.29, 0.717) is 5.56 Å². The van der Waals surface area contributed by atoms with Gasteiger partial charge < -0.3 is 4.90 Å². The zero-order chi connectivity index (χ0) is 20.0. The van der Waals surface area contributed by atoms with Crippen LogP contribution in [0.4, 0.5) is 0 Å². The van der Waals surface area contributed by atoms with Crippen LogP contribution in [0.25, 0.3) is 0 Å². The molecule has 0 amide bonds. The molecule has 0 saturated carbocycles. The first-order valence-corrected chi connectivity index (χ1v) is 9.50. The van der Waals surface area contributed by atoms with E-state index < -0.39 is 5.54 Å². The molecule has 3 aromatic carbocycles. The van der Waals surface area contributed by atoms with Gasteiger partial charge in [-0.1, -0.05) is 91.0 Å². The molecule has 2 atom stereocenters. The Labute approximate surface area is 166 Å². The number of benzene rings is 3. The Bertz CT molecular complexity index is 946. The van der Waals surface area contributed by atoms with Crippen LogP contribution in [0.1, 0.15) is 33.8 Å². The first-order valence-electron chi connectivity index (χ1n) is 9.50. The maximum absolute atomic E-state index is 13.1. The van der Waals surface area contributed by atoms with E-state index >= 15 is 0 Å². The minimum atomic E-state index is -0.882. The summed E-state index contributed by atoms with van der Waals surface area (Å²) in [5.41, 5.74) is 1.72. The molecule has 0 unspecified atom stereocenters. The molecule has 0 spiro atoms. The Morgan fingerprint density at radius 1 is 0.893 bits per heavy atom. The molecule has 0 aromatic heterocycles. The van der Waals surface area contributed by atoms with E-state index in [1.54, 1.807) is 0 Å². The number of quaternary nitrogens is 1. The highest BCUT2D eigenvalue weighted by atomic mass is 16.1. The van der Waals surface area contributed by atoms with E-state index in [1.807, 2.05) is 105 Å². The van der Waals surface area contributed by atoms with Gasteiger partial charge in [0, 0.05) is 17.5 Å². The van der Waals surface area contributed by atoms with Gasteiger partial charge in [-0.2, -0.15) is 5.26 Å². The van der Waals surface area contributed by atoms with Crippen molar-refractivity contribution in [1.82, 2.24) is 0 Å². The Balaban J connectivity index is 2.14. The van der Waals surface area contributed by atoms with Gasteiger partial charge in [-0.25, -0.2) is 0 Å². The second-order valence-electron chi connectivity index (χ2n) is 7.24. The van der Waals surface area contributed by atoms with Crippen LogP contribution >= 0.6 is 0 Å². The van der Waals surface area contributed by atoms with Gasteiger partial charge in [0.1, 0.15) is 6.07 Å². The highest BCUT2D eigenvalue weighted by Crippen LogP contribution is 2.37. The Morgan fingerprint density at radius 2 is 1.39 bits per heavy atom. The van der Waals surface area contributed by atoms with Gasteiger partial charge in [0.25, 0.3) is 0 Å². The summed E-state index contributed by atoms with van der Waals surface area (Å²) >= 11 is 0. The fourth-order valence-corrected chi connectivity index (χ4v) is 3.93. The smallest absolute Gasteiger partial charge is 0.217 e. The maximum atomic E-state index is 13.1. The summed E-state index contributed by atoms with van der Waals surface area (Å²) in [6.45, 7) is 0. The number of ketones is 1. The first-order chi connectivity index (χ1) is 13.6. The third-order valence-corrected chi connectivity index (χ3v) is 5.40. The molecular formula is C25H25N2O+. The third-order valence-electron chi connectivity index (χ3n) is 5.40. The van der Waals surface area contributed by atoms with Crippen LogP contribution in [-0.2, 0) is 5.54 Å². The van der Waals surface area contributed by atoms with Gasteiger partial charge in [0.2, 0.25) is 5.54 Å². The molecule has 3 aromatic rings. The van der Waals surface area contributed by atoms with Crippen molar-refractivity contribution >= 4 is 5.78 Å². The third kappa shape index (κ3) is 3.74. The minimum Gasteiger partial charge on any atom is -0.319 e. The highest BCUT2D eigenvalue weighted by Gasteiger charge is 2.48. The zero-order valence-corrected chi connectivity index (χ0v) is 16.3. The average molecular weight is 369 g/mol. The van der Waals surface area contributed by atoms with Crippen LogP contribution in [0.5, 0.6) is 0 Å². The van der Waals surface area contributed by atoms with Gasteiger partial charge in [-0.15, -0.1) is 0 Å². The normalized spacial score (nSPS) is 14.1. The minimum absolute atomic E-state index is 0.0475. The van der Waals surface area contributed by atoms with Crippen LogP contribution in [0.3, 0.4) is 0 Å². The number of rotatable bonds is 7. The molecule has 0 bridgehead atoms. The summed E-state index contributed by atoms with van der Waals surface area (Å²) in [5.74, 6) is -0.231. The molecule has 0 saturated heterocycles. The van der Waals surface area contributed by atoms with Crippen LogP contribution < -0.4 is 4.90 Å². The van der Waals surface area contributed by atoms with Crippen molar-refractivity contribution < 1.29 is 9.69 Å². The lowest BCUT2D eigenvalue weighted by Gasteiger charge is -2.37. The average Bonchev–Trinajstić information content (AvgIpc) is 2.75. The standard InChI is InChI=1S/C25H24N2O/c1-27(2)25(19-26,22-16-10-5-11-17-22)23(20-12-6-3-7-13-20)18-24(28)21-14-8-4-9-15-21/h3-17,23H,18H2,1-2H3/p+1/t23-,25+/m1/s1. The van der Waals surface area contributed by atoms with Gasteiger partial charge >= 0.3 is 0 Å². The maximum Gasteiger partial charge on any atom is 0.217 e. The SMILES string of the molecule is C[NH+](C)[C@@](C#N)(c1ccccc1)[C@H](CC(=O)c1ccccc1)c1ccccc1. The van der Waals surface area contributed by atoms with Crippen molar-refractivity contribution in [2.45, 2.75) is 17.9 Å². The van der Waals surface area contributed by atoms with E-state index in [1.165, 1.54) is 0 Å². The number of hydrogen-bond donors (Lipinski definition) is 1. The van der Waals surface area contributed by atoms with E-state index in [-0.39, 0.29) is 18.1 Å². The largest absolute Gasteiger partial charge is 0.319 e. The summed E-state index contributed by atoms with van der Waals surface area (Å²) in [6, 6.07) is 31.7. The van der Waals surface area contributed by atoms with E-state index in [0.717, 1.165) is 16.0 Å². The van der Waals surface area contributed by atoms with Crippen molar-refractivity contribution in [3.05, 3.63) is 108 Å². The fourth-order valence-electron chi connectivity index (χ4n) is 3.93. The number of hydrogen-bond acceptors (Lipinski definition) is 2. The second kappa shape index (κ2) is 8.65. The van der Waals surface area contributed by atoms with E-state index in [2.05, 4.69) is 6.07 Å². The summed E-state index contributed by atoms with van der Waals surface area (Å²) in [7, 11) is 3.97. The van der Waals surface area contributed by atoms with Crippen LogP contribution in [-0.4, -0.2) is 19.9 Å². The first kappa shape index (κ1) is 19.5. The molecule has 0 radical (unpaired) electrons. The number of nitriles is 1. The van der Waals surface area contributed by atoms with Crippen molar-refractivity contribution in [2.75, 3.05) is 14.1 Å². The number of carbonyl (C=O) groups is 1. The summed E-state index contributed by atoms with van der Waals surface area (Å²) in [4.78, 5) is 14.1. The molecule has 0 aliphatic rings. The Morgan fingerprint density at radius 3 is 1.89 bits per heavy atom. The van der Waals surface area contributed by atoms with Gasteiger partial charge in [-0.05, 0) is 5.56 Å². The van der Waals surface area contributed by atoms with Crippen LogP contribution in [0, 0.1) is 11.3 Å². The lowest BCUT2D eigenvalue weighted by molar-refractivity contribution is -0.916. The van der Waals surface area contributed by atoms with Gasteiger partial charge in [-0.3, -0.25) is 4.79 Å². The summed E-state index contributed by atoms with van der Waals surface area (Å²) < 4.78 is 0. The molecule has 3 heteroatoms. The monoisotopic (exact) mass is 369 g/mol. The molecule has 3 nitrogen and oxygen atoms in total. The number of Topliss-reactive ketones (excluding diaryl/α,β-unsaturated/α-hetero) is 1. The van der Waals surface area contributed by atoms with E-state index in [4.69, 9.17) is 0 Å². The second-order valence-corrected chi connectivity index (χ2v) is 7.24. The van der Waals surface area contributed by atoms with Gasteiger partial charge in [0.05, 0.1) is 20.0 Å². The van der Waals surface area contributed by atoms with Gasteiger partial charge in [0.15, 0.2) is 5.78 Å². The van der Waals surface area contributed by atoms with E-state index in [9.17, 15) is 10.1 Å². The Kier molecular flexibility index (Phi) is 6.03. The van der Waals surface area contributed by atoms with Crippen LogP contribution in [0.2, 0.25) is 0 Å². The van der Waals surface area contributed by atoms with Crippen molar-refractivity contribution in [2.24, 2.45) is 0 Å². The summed E-state index contributed by atoms with van der Waals surface area (Å²) in [6.07, 6.45) is 0.266. The molecule has 0 heterocycles. The molecule has 3 rings (SSSR count). The topological polar surface area (TPSA) is 45.3 Å². The Hall–Kier alpha value is -3.22. The van der Waals surface area contributed by atoms with Crippen molar-refractivity contribution in [1.29, 1.82) is 5.26 Å². The number of carbonyl (C=O) groups excluding carboxylic acids is 1. The van der Waals surface area contributed by atoms with Crippen molar-refractivity contribution in [3.8, 4) is 6.07 Å². The predicted octanol–water partition coefficient (Wildman–Crippen LogP) is 3.61. The van der Waals surface area contributed by atoms with Crippen LogP contribution in [0.15, 0.2) is 91.0 Å². The molecule has 28 heavy (non-hydrogen) atoms. The predicted molar refractivity (Wildman–Crippen MR) is 111 cm³/mol. The fraction of sp³-hybridized carbons (Fsp3) is 0.200. The summed E-state index contributed by atoms with van der Waals surface area (Å²) in [5, 5.41) is 10.4. The number of nitrogens with one attached hydrogen (secondary N) is 1. The molecular weight excluding hydrogens is 344 g/mol. The van der Waals surface area contributed by atoms with Crippen molar-refractivity contribution in [3.63, 3.8) is 0 Å². The molecule has 140 valence electrons. The lowest BCUT2D eigenvalue weighted by Crippen LogP contribution is -3.14. The number of nitrogens with zero attached hydrogens (tertiary/aromatic N) is 1. The zero-order valence-electron chi connectivity index (χ0n) is 16.3. The quantitative estimate of drug-likeness (QED) is 0.647. The molecule has 0 fully saturated rings. The highest BCUT2D eigenvalue weighted by molar-refractivity contribution is 5.96. The molecule has 1 N–H and O–H groups in total.